The van der Waals surface area contributed by atoms with Gasteiger partial charge in [-0.2, -0.15) is 0 Å². The van der Waals surface area contributed by atoms with Crippen molar-refractivity contribution in [2.45, 2.75) is 40.3 Å². The number of carbonyl (C=O) groups is 1. The van der Waals surface area contributed by atoms with E-state index in [2.05, 4.69) is 9.55 Å². The lowest BCUT2D eigenvalue weighted by Crippen LogP contribution is -2.08. The molecule has 1 aromatic carbocycles. The number of esters is 1. The van der Waals surface area contributed by atoms with Gasteiger partial charge in [-0.1, -0.05) is 6.07 Å². The third-order valence-corrected chi connectivity index (χ3v) is 4.21. The molecule has 0 aliphatic carbocycles. The van der Waals surface area contributed by atoms with Gasteiger partial charge in [0.05, 0.1) is 18.3 Å². The lowest BCUT2D eigenvalue weighted by atomic mass is 10.1. The van der Waals surface area contributed by atoms with Crippen LogP contribution in [0.2, 0.25) is 0 Å². The fraction of sp³-hybridized carbons (Fsp3) is 0.333. The van der Waals surface area contributed by atoms with Crippen LogP contribution < -0.4 is 4.74 Å². The van der Waals surface area contributed by atoms with E-state index in [9.17, 15) is 4.79 Å². The summed E-state index contributed by atoms with van der Waals surface area (Å²) in [6, 6.07) is 9.81. The summed E-state index contributed by atoms with van der Waals surface area (Å²) in [6.07, 6.45) is 3.66. The fourth-order valence-corrected chi connectivity index (χ4v) is 3.15. The van der Waals surface area contributed by atoms with Crippen LogP contribution in [0.25, 0.3) is 10.9 Å². The van der Waals surface area contributed by atoms with Crippen molar-refractivity contribution in [1.29, 1.82) is 0 Å². The molecule has 3 rings (SSSR count). The molecule has 0 unspecified atom stereocenters. The van der Waals surface area contributed by atoms with Crippen LogP contribution in [0.4, 0.5) is 0 Å². The van der Waals surface area contributed by atoms with Gasteiger partial charge in [-0.15, -0.1) is 0 Å². The van der Waals surface area contributed by atoms with Crippen LogP contribution in [-0.2, 0) is 11.3 Å². The molecular formula is C21H24N2O3. The summed E-state index contributed by atoms with van der Waals surface area (Å²) < 4.78 is 13.2. The van der Waals surface area contributed by atoms with Gasteiger partial charge in [0.25, 0.3) is 0 Å². The number of aromatic nitrogens is 2. The minimum atomic E-state index is -0.304. The van der Waals surface area contributed by atoms with Gasteiger partial charge in [0.15, 0.2) is 0 Å². The topological polar surface area (TPSA) is 53.4 Å². The second-order valence-corrected chi connectivity index (χ2v) is 6.47. The van der Waals surface area contributed by atoms with E-state index in [-0.39, 0.29) is 12.1 Å². The number of rotatable bonds is 6. The zero-order chi connectivity index (χ0) is 18.7. The molecule has 3 aromatic rings. The molecule has 0 saturated carbocycles. The molecule has 0 radical (unpaired) electrons. The number of fused-ring (bicyclic) bond motifs is 1. The first kappa shape index (κ1) is 18.0. The van der Waals surface area contributed by atoms with Crippen molar-refractivity contribution >= 4 is 16.9 Å². The fourth-order valence-electron chi connectivity index (χ4n) is 3.15. The predicted octanol–water partition coefficient (Wildman–Crippen LogP) is 4.36. The van der Waals surface area contributed by atoms with Crippen molar-refractivity contribution in [2.75, 3.05) is 6.61 Å². The first-order valence-corrected chi connectivity index (χ1v) is 8.86. The predicted molar refractivity (Wildman–Crippen MR) is 102 cm³/mol. The lowest BCUT2D eigenvalue weighted by Gasteiger charge is -2.11. The number of pyridine rings is 1. The summed E-state index contributed by atoms with van der Waals surface area (Å²) in [5.74, 6) is 0.443. The Bertz CT molecular complexity index is 914. The van der Waals surface area contributed by atoms with Crippen molar-refractivity contribution in [3.8, 4) is 5.75 Å². The van der Waals surface area contributed by atoms with Gasteiger partial charge in [-0.25, -0.2) is 4.79 Å². The molecule has 0 fully saturated rings. The average molecular weight is 352 g/mol. The van der Waals surface area contributed by atoms with E-state index < -0.39 is 0 Å². The van der Waals surface area contributed by atoms with Crippen molar-refractivity contribution < 1.29 is 14.3 Å². The number of ether oxygens (including phenoxy) is 2. The zero-order valence-electron chi connectivity index (χ0n) is 15.7. The van der Waals surface area contributed by atoms with Crippen molar-refractivity contribution in [3.05, 3.63) is 59.5 Å². The average Bonchev–Trinajstić information content (AvgIpc) is 2.87. The Balaban J connectivity index is 2.15. The van der Waals surface area contributed by atoms with Gasteiger partial charge >= 0.3 is 5.97 Å². The van der Waals surface area contributed by atoms with Crippen LogP contribution in [0, 0.1) is 6.92 Å². The van der Waals surface area contributed by atoms with Crippen molar-refractivity contribution in [1.82, 2.24) is 9.55 Å². The molecule has 0 spiro atoms. The van der Waals surface area contributed by atoms with Crippen LogP contribution in [0.15, 0.2) is 42.7 Å². The Morgan fingerprint density at radius 1 is 1.27 bits per heavy atom. The minimum absolute atomic E-state index is 0.0667. The van der Waals surface area contributed by atoms with Crippen LogP contribution in [-0.4, -0.2) is 28.2 Å². The van der Waals surface area contributed by atoms with Gasteiger partial charge in [0, 0.05) is 35.5 Å². The molecule has 0 atom stereocenters. The van der Waals surface area contributed by atoms with E-state index >= 15 is 0 Å². The molecule has 5 nitrogen and oxygen atoms in total. The Kier molecular flexibility index (Phi) is 5.26. The van der Waals surface area contributed by atoms with E-state index in [1.807, 2.05) is 64.2 Å². The molecule has 0 N–H and O–H groups in total. The first-order chi connectivity index (χ1) is 12.5. The Hall–Kier alpha value is -2.82. The molecule has 0 aliphatic heterocycles. The molecule has 2 aromatic heterocycles. The molecule has 2 heterocycles. The quantitative estimate of drug-likeness (QED) is 0.619. The van der Waals surface area contributed by atoms with Crippen LogP contribution in [0.3, 0.4) is 0 Å². The normalized spacial score (nSPS) is 11.1. The standard InChI is InChI=1S/C21H24N2O3/c1-5-25-21(24)20-15(4)23(13-16-7-6-10-22-12-16)19-9-8-17(11-18(19)20)26-14(2)3/h6-12,14H,5,13H2,1-4H3. The number of hydrogen-bond acceptors (Lipinski definition) is 4. The summed E-state index contributed by atoms with van der Waals surface area (Å²) in [6.45, 7) is 8.71. The number of nitrogens with zero attached hydrogens (tertiary/aromatic N) is 2. The van der Waals surface area contributed by atoms with Crippen LogP contribution in [0.1, 0.15) is 42.4 Å². The molecule has 0 bridgehead atoms. The summed E-state index contributed by atoms with van der Waals surface area (Å²) in [7, 11) is 0. The smallest absolute Gasteiger partial charge is 0.340 e. The second kappa shape index (κ2) is 7.60. The van der Waals surface area contributed by atoms with Gasteiger partial charge in [-0.3, -0.25) is 4.98 Å². The highest BCUT2D eigenvalue weighted by atomic mass is 16.5. The van der Waals surface area contributed by atoms with E-state index in [1.54, 1.807) is 6.20 Å². The lowest BCUT2D eigenvalue weighted by molar-refractivity contribution is 0.0527. The van der Waals surface area contributed by atoms with Gasteiger partial charge in [0.2, 0.25) is 0 Å². The van der Waals surface area contributed by atoms with E-state index in [4.69, 9.17) is 9.47 Å². The van der Waals surface area contributed by atoms with Crippen LogP contribution in [0.5, 0.6) is 5.75 Å². The Labute approximate surface area is 153 Å². The number of hydrogen-bond donors (Lipinski definition) is 0. The molecule has 136 valence electrons. The molecule has 0 saturated heterocycles. The van der Waals surface area contributed by atoms with Gasteiger partial charge in [-0.05, 0) is 57.5 Å². The third-order valence-electron chi connectivity index (χ3n) is 4.21. The van der Waals surface area contributed by atoms with Gasteiger partial charge < -0.3 is 14.0 Å². The first-order valence-electron chi connectivity index (χ1n) is 8.86. The molecule has 0 aliphatic rings. The maximum absolute atomic E-state index is 12.6. The summed E-state index contributed by atoms with van der Waals surface area (Å²) in [5, 5.41) is 0.850. The van der Waals surface area contributed by atoms with Crippen molar-refractivity contribution in [3.63, 3.8) is 0 Å². The number of benzene rings is 1. The van der Waals surface area contributed by atoms with Crippen LogP contribution >= 0.6 is 0 Å². The summed E-state index contributed by atoms with van der Waals surface area (Å²) >= 11 is 0. The highest BCUT2D eigenvalue weighted by Gasteiger charge is 2.22. The highest BCUT2D eigenvalue weighted by molar-refractivity contribution is 6.06. The zero-order valence-corrected chi connectivity index (χ0v) is 15.7. The van der Waals surface area contributed by atoms with E-state index in [0.717, 1.165) is 27.9 Å². The molecule has 5 heteroatoms. The molecular weight excluding hydrogens is 328 g/mol. The Morgan fingerprint density at radius 2 is 2.08 bits per heavy atom. The maximum Gasteiger partial charge on any atom is 0.340 e. The number of carbonyl (C=O) groups excluding carboxylic acids is 1. The summed E-state index contributed by atoms with van der Waals surface area (Å²) in [5.41, 5.74) is 3.53. The maximum atomic E-state index is 12.6. The largest absolute Gasteiger partial charge is 0.491 e. The Morgan fingerprint density at radius 3 is 2.73 bits per heavy atom. The monoisotopic (exact) mass is 352 g/mol. The van der Waals surface area contributed by atoms with Gasteiger partial charge in [0.1, 0.15) is 5.75 Å². The van der Waals surface area contributed by atoms with E-state index in [1.165, 1.54) is 0 Å². The molecule has 26 heavy (non-hydrogen) atoms. The second-order valence-electron chi connectivity index (χ2n) is 6.47. The highest BCUT2D eigenvalue weighted by Crippen LogP contribution is 2.31. The summed E-state index contributed by atoms with van der Waals surface area (Å²) in [4.78, 5) is 16.8. The van der Waals surface area contributed by atoms with E-state index in [0.29, 0.717) is 18.7 Å². The third kappa shape index (κ3) is 3.57. The SMILES string of the molecule is CCOC(=O)c1c(C)n(Cc2cccnc2)c2ccc(OC(C)C)cc12. The minimum Gasteiger partial charge on any atom is -0.491 e. The molecule has 0 amide bonds. The van der Waals surface area contributed by atoms with Crippen molar-refractivity contribution in [2.24, 2.45) is 0 Å².